The van der Waals surface area contributed by atoms with Gasteiger partial charge in [-0.3, -0.25) is 9.10 Å². The van der Waals surface area contributed by atoms with Crippen molar-refractivity contribution in [3.8, 4) is 0 Å². The van der Waals surface area contributed by atoms with E-state index in [0.29, 0.717) is 25.1 Å². The third kappa shape index (κ3) is 3.52. The predicted molar refractivity (Wildman–Crippen MR) is 76.4 cm³/mol. The summed E-state index contributed by atoms with van der Waals surface area (Å²) in [5.74, 6) is -1.39. The minimum absolute atomic E-state index is 0.269. The van der Waals surface area contributed by atoms with Crippen LogP contribution in [0.15, 0.2) is 18.2 Å². The number of hydrogen-bond donors (Lipinski definition) is 1. The van der Waals surface area contributed by atoms with E-state index < -0.39 is 28.5 Å². The fraction of sp³-hybridized carbons (Fsp3) is 0.385. The summed E-state index contributed by atoms with van der Waals surface area (Å²) in [6, 6.07) is 4.65. The summed E-state index contributed by atoms with van der Waals surface area (Å²) in [5, 5.41) is 0. The Hall–Kier alpha value is -2.09. The Labute approximate surface area is 122 Å². The highest BCUT2D eigenvalue weighted by molar-refractivity contribution is 7.92. The van der Waals surface area contributed by atoms with Crippen LogP contribution in [-0.4, -0.2) is 39.7 Å². The molecule has 1 aliphatic rings. The lowest BCUT2D eigenvalue weighted by atomic mass is 10.0. The van der Waals surface area contributed by atoms with Crippen molar-refractivity contribution in [2.75, 3.05) is 23.7 Å². The maximum Gasteiger partial charge on any atom is 0.338 e. The van der Waals surface area contributed by atoms with Crippen LogP contribution in [0, 0.1) is 0 Å². The Morgan fingerprint density at radius 3 is 2.71 bits per heavy atom. The molecule has 1 aromatic rings. The van der Waals surface area contributed by atoms with Crippen LogP contribution in [0.25, 0.3) is 0 Å². The standard InChI is InChI=1S/C13H16N2O5S/c1-21(18,19)15-6-2-3-9-7-10(4-5-11(9)15)13(17)20-8-12(14)16/h4-5,7H,2-3,6,8H2,1H3,(H2,14,16). The van der Waals surface area contributed by atoms with Crippen LogP contribution in [0.3, 0.4) is 0 Å². The van der Waals surface area contributed by atoms with Gasteiger partial charge in [0, 0.05) is 6.54 Å². The first-order valence-corrected chi connectivity index (χ1v) is 8.20. The molecule has 0 unspecified atom stereocenters. The van der Waals surface area contributed by atoms with Gasteiger partial charge in [0.25, 0.3) is 5.91 Å². The lowest BCUT2D eigenvalue weighted by Gasteiger charge is -2.29. The minimum Gasteiger partial charge on any atom is -0.452 e. The number of hydrogen-bond acceptors (Lipinski definition) is 5. The molecule has 0 saturated heterocycles. The lowest BCUT2D eigenvalue weighted by molar-refractivity contribution is -0.121. The number of esters is 1. The van der Waals surface area contributed by atoms with E-state index in [0.717, 1.165) is 11.8 Å². The van der Waals surface area contributed by atoms with Crippen molar-refractivity contribution in [2.45, 2.75) is 12.8 Å². The number of nitrogens with two attached hydrogens (primary N) is 1. The Kier molecular flexibility index (Phi) is 4.17. The summed E-state index contributed by atoms with van der Waals surface area (Å²) >= 11 is 0. The van der Waals surface area contributed by atoms with Crippen LogP contribution in [0.2, 0.25) is 0 Å². The molecule has 7 nitrogen and oxygen atoms in total. The zero-order valence-corrected chi connectivity index (χ0v) is 12.4. The highest BCUT2D eigenvalue weighted by Gasteiger charge is 2.24. The zero-order valence-electron chi connectivity index (χ0n) is 11.5. The smallest absolute Gasteiger partial charge is 0.338 e. The van der Waals surface area contributed by atoms with Gasteiger partial charge in [-0.05, 0) is 36.6 Å². The number of aryl methyl sites for hydroxylation is 1. The number of primary amides is 1. The van der Waals surface area contributed by atoms with Gasteiger partial charge >= 0.3 is 5.97 Å². The number of anilines is 1. The van der Waals surface area contributed by atoms with E-state index in [2.05, 4.69) is 0 Å². The zero-order chi connectivity index (χ0) is 15.6. The number of carbonyl (C=O) groups is 2. The highest BCUT2D eigenvalue weighted by atomic mass is 32.2. The van der Waals surface area contributed by atoms with E-state index in [1.54, 1.807) is 12.1 Å². The van der Waals surface area contributed by atoms with Crippen LogP contribution in [0.1, 0.15) is 22.3 Å². The molecule has 0 fully saturated rings. The third-order valence-electron chi connectivity index (χ3n) is 3.14. The fourth-order valence-electron chi connectivity index (χ4n) is 2.25. The van der Waals surface area contributed by atoms with Crippen molar-refractivity contribution in [2.24, 2.45) is 5.73 Å². The molecule has 1 heterocycles. The molecule has 0 aliphatic carbocycles. The number of fused-ring (bicyclic) bond motifs is 1. The fourth-order valence-corrected chi connectivity index (χ4v) is 3.25. The number of amides is 1. The van der Waals surface area contributed by atoms with Crippen molar-refractivity contribution in [1.82, 2.24) is 0 Å². The van der Waals surface area contributed by atoms with Crippen LogP contribution in [0.4, 0.5) is 5.69 Å². The van der Waals surface area contributed by atoms with E-state index in [4.69, 9.17) is 10.5 Å². The van der Waals surface area contributed by atoms with E-state index in [9.17, 15) is 18.0 Å². The second-order valence-electron chi connectivity index (χ2n) is 4.82. The number of nitrogens with zero attached hydrogens (tertiary/aromatic N) is 1. The van der Waals surface area contributed by atoms with Gasteiger partial charge in [0.2, 0.25) is 10.0 Å². The maximum atomic E-state index is 11.8. The van der Waals surface area contributed by atoms with Gasteiger partial charge in [0.15, 0.2) is 6.61 Å². The van der Waals surface area contributed by atoms with Crippen molar-refractivity contribution in [1.29, 1.82) is 0 Å². The second kappa shape index (κ2) is 5.72. The average Bonchev–Trinajstić information content (AvgIpc) is 2.42. The van der Waals surface area contributed by atoms with Crippen LogP contribution in [0.5, 0.6) is 0 Å². The van der Waals surface area contributed by atoms with Gasteiger partial charge < -0.3 is 10.5 Å². The van der Waals surface area contributed by atoms with Crippen molar-refractivity contribution < 1.29 is 22.7 Å². The molecule has 2 rings (SSSR count). The molecule has 2 N–H and O–H groups in total. The van der Waals surface area contributed by atoms with E-state index in [1.165, 1.54) is 10.4 Å². The first-order chi connectivity index (χ1) is 9.79. The molecule has 1 aromatic carbocycles. The summed E-state index contributed by atoms with van der Waals surface area (Å²) in [7, 11) is -3.34. The Balaban J connectivity index is 2.27. The molecule has 114 valence electrons. The molecule has 0 saturated carbocycles. The molecule has 1 aliphatic heterocycles. The monoisotopic (exact) mass is 312 g/mol. The highest BCUT2D eigenvalue weighted by Crippen LogP contribution is 2.30. The predicted octanol–water partition coefficient (Wildman–Crippen LogP) is 0.0409. The van der Waals surface area contributed by atoms with Gasteiger partial charge in [0.1, 0.15) is 0 Å². The van der Waals surface area contributed by atoms with Crippen LogP contribution in [-0.2, 0) is 26.0 Å². The topological polar surface area (TPSA) is 107 Å². The molecule has 21 heavy (non-hydrogen) atoms. The van der Waals surface area contributed by atoms with Gasteiger partial charge in [0.05, 0.1) is 17.5 Å². The van der Waals surface area contributed by atoms with Gasteiger partial charge in [-0.1, -0.05) is 0 Å². The average molecular weight is 312 g/mol. The van der Waals surface area contributed by atoms with Gasteiger partial charge in [-0.15, -0.1) is 0 Å². The Bertz CT molecular complexity index is 684. The summed E-state index contributed by atoms with van der Waals surface area (Å²) in [6.45, 7) is -0.0529. The number of rotatable bonds is 4. The molecule has 0 spiro atoms. The molecule has 0 atom stereocenters. The van der Waals surface area contributed by atoms with Crippen molar-refractivity contribution >= 4 is 27.6 Å². The Morgan fingerprint density at radius 1 is 1.38 bits per heavy atom. The number of ether oxygens (including phenoxy) is 1. The maximum absolute atomic E-state index is 11.8. The molecule has 0 aromatic heterocycles. The molecule has 0 bridgehead atoms. The van der Waals surface area contributed by atoms with Gasteiger partial charge in [-0.25, -0.2) is 13.2 Å². The molecular weight excluding hydrogens is 296 g/mol. The number of benzene rings is 1. The summed E-state index contributed by atoms with van der Waals surface area (Å²) in [5.41, 5.74) is 6.52. The normalized spacial score (nSPS) is 14.4. The molecule has 0 radical (unpaired) electrons. The van der Waals surface area contributed by atoms with Gasteiger partial charge in [-0.2, -0.15) is 0 Å². The second-order valence-corrected chi connectivity index (χ2v) is 6.73. The Morgan fingerprint density at radius 2 is 2.10 bits per heavy atom. The minimum atomic E-state index is -3.34. The third-order valence-corrected chi connectivity index (χ3v) is 4.32. The van der Waals surface area contributed by atoms with Crippen LogP contribution < -0.4 is 10.0 Å². The lowest BCUT2D eigenvalue weighted by Crippen LogP contribution is -2.34. The summed E-state index contributed by atoms with van der Waals surface area (Å²) in [4.78, 5) is 22.3. The number of carbonyl (C=O) groups excluding carboxylic acids is 2. The van der Waals surface area contributed by atoms with Crippen LogP contribution >= 0.6 is 0 Å². The van der Waals surface area contributed by atoms with Crippen molar-refractivity contribution in [3.05, 3.63) is 29.3 Å². The summed E-state index contributed by atoms with van der Waals surface area (Å²) in [6.07, 6.45) is 2.51. The first-order valence-electron chi connectivity index (χ1n) is 6.35. The SMILES string of the molecule is CS(=O)(=O)N1CCCc2cc(C(=O)OCC(N)=O)ccc21. The molecule has 8 heteroatoms. The first kappa shape index (κ1) is 15.3. The van der Waals surface area contributed by atoms with E-state index >= 15 is 0 Å². The van der Waals surface area contributed by atoms with E-state index in [1.807, 2.05) is 0 Å². The van der Waals surface area contributed by atoms with Crippen molar-refractivity contribution in [3.63, 3.8) is 0 Å². The largest absolute Gasteiger partial charge is 0.452 e. The number of sulfonamides is 1. The molecule has 1 amide bonds. The van der Waals surface area contributed by atoms with E-state index in [-0.39, 0.29) is 5.56 Å². The molecular formula is C13H16N2O5S. The quantitative estimate of drug-likeness (QED) is 0.790. The summed E-state index contributed by atoms with van der Waals surface area (Å²) < 4.78 is 29.5.